The van der Waals surface area contributed by atoms with E-state index in [2.05, 4.69) is 0 Å². The molecule has 0 unspecified atom stereocenters. The van der Waals surface area contributed by atoms with Gasteiger partial charge in [0, 0.05) is 7.11 Å². The normalized spacial score (nSPS) is 51.3. The molecule has 0 radical (unpaired) electrons. The predicted octanol–water partition coefficient (Wildman–Crippen LogP) is -6.92. The molecule has 206 valence electrons. The van der Waals surface area contributed by atoms with Crippen LogP contribution < -0.4 is 0 Å². The number of aliphatic hydroxyl groups excluding tert-OH is 10. The first-order chi connectivity index (χ1) is 16.5. The molecule has 0 aromatic heterocycles. The lowest BCUT2D eigenvalue weighted by molar-refractivity contribution is -0.341. The molecule has 0 bridgehead atoms. The van der Waals surface area contributed by atoms with Gasteiger partial charge in [-0.05, 0) is 0 Å². The number of methoxy groups -OCH3 is 1. The standard InChI is InChI=1S/C19H34O16/c1-30-17-14(27)12(25)9(22)6(34-17)3-32-19-16(29)13(26)10(23)7(35-19)4-31-18-15(28)11(24)8(21)5(2-20)33-18/h5-29H,2-4H2,1H3/t5-,6-,7-,8-,9-,10-,11+,12+,13+,14+,15+,16+,17+,18+,19+/m1/s1. The van der Waals surface area contributed by atoms with Crippen LogP contribution in [0.15, 0.2) is 0 Å². The summed E-state index contributed by atoms with van der Waals surface area (Å²) < 4.78 is 31.6. The van der Waals surface area contributed by atoms with Crippen LogP contribution in [-0.4, -0.2) is 170 Å². The van der Waals surface area contributed by atoms with E-state index in [0.29, 0.717) is 0 Å². The average molecular weight is 518 g/mol. The molecule has 0 aliphatic carbocycles. The van der Waals surface area contributed by atoms with Crippen molar-refractivity contribution < 1.29 is 79.5 Å². The van der Waals surface area contributed by atoms with Gasteiger partial charge in [-0.1, -0.05) is 0 Å². The summed E-state index contributed by atoms with van der Waals surface area (Å²) in [5.41, 5.74) is 0. The summed E-state index contributed by atoms with van der Waals surface area (Å²) in [5.74, 6) is 0. The van der Waals surface area contributed by atoms with Crippen molar-refractivity contribution >= 4 is 0 Å². The van der Waals surface area contributed by atoms with Crippen LogP contribution in [0.2, 0.25) is 0 Å². The Morgan fingerprint density at radius 1 is 0.486 bits per heavy atom. The van der Waals surface area contributed by atoms with Crippen molar-refractivity contribution in [1.29, 1.82) is 0 Å². The molecular formula is C19H34O16. The minimum Gasteiger partial charge on any atom is -0.394 e. The molecular weight excluding hydrogens is 484 g/mol. The molecule has 16 heteroatoms. The van der Waals surface area contributed by atoms with Crippen molar-refractivity contribution in [3.05, 3.63) is 0 Å². The van der Waals surface area contributed by atoms with Gasteiger partial charge in [0.1, 0.15) is 73.2 Å². The Hall–Kier alpha value is -0.640. The van der Waals surface area contributed by atoms with E-state index in [9.17, 15) is 51.1 Å². The van der Waals surface area contributed by atoms with Crippen molar-refractivity contribution in [3.63, 3.8) is 0 Å². The Labute approximate surface area is 199 Å². The lowest BCUT2D eigenvalue weighted by Crippen LogP contribution is -2.62. The first kappa shape index (κ1) is 28.9. The molecule has 3 fully saturated rings. The second-order valence-electron chi connectivity index (χ2n) is 8.63. The van der Waals surface area contributed by atoms with Gasteiger partial charge >= 0.3 is 0 Å². The maximum atomic E-state index is 10.3. The van der Waals surface area contributed by atoms with Crippen LogP contribution in [-0.2, 0) is 28.4 Å². The maximum absolute atomic E-state index is 10.3. The summed E-state index contributed by atoms with van der Waals surface area (Å²) in [6.45, 7) is -1.72. The summed E-state index contributed by atoms with van der Waals surface area (Å²) in [6.07, 6.45) is -23.1. The number of hydrogen-bond acceptors (Lipinski definition) is 16. The molecule has 3 heterocycles. The highest BCUT2D eigenvalue weighted by Crippen LogP contribution is 2.27. The fraction of sp³-hybridized carbons (Fsp3) is 1.00. The van der Waals surface area contributed by atoms with Gasteiger partial charge in [0.15, 0.2) is 18.9 Å². The van der Waals surface area contributed by atoms with Gasteiger partial charge in [-0.3, -0.25) is 0 Å². The summed E-state index contributed by atoms with van der Waals surface area (Å²) in [4.78, 5) is 0. The van der Waals surface area contributed by atoms with Crippen LogP contribution in [0.1, 0.15) is 0 Å². The zero-order chi connectivity index (χ0) is 26.0. The third-order valence-electron chi connectivity index (χ3n) is 6.27. The zero-order valence-electron chi connectivity index (χ0n) is 18.7. The highest BCUT2D eigenvalue weighted by Gasteiger charge is 2.49. The van der Waals surface area contributed by atoms with Gasteiger partial charge in [-0.15, -0.1) is 0 Å². The van der Waals surface area contributed by atoms with E-state index in [-0.39, 0.29) is 0 Å². The molecule has 35 heavy (non-hydrogen) atoms. The maximum Gasteiger partial charge on any atom is 0.186 e. The van der Waals surface area contributed by atoms with E-state index in [4.69, 9.17) is 28.4 Å². The van der Waals surface area contributed by atoms with Gasteiger partial charge in [0.2, 0.25) is 0 Å². The van der Waals surface area contributed by atoms with Crippen molar-refractivity contribution in [2.45, 2.75) is 92.1 Å². The summed E-state index contributed by atoms with van der Waals surface area (Å²) >= 11 is 0. The quantitative estimate of drug-likeness (QED) is 0.143. The average Bonchev–Trinajstić information content (AvgIpc) is 2.85. The first-order valence-electron chi connectivity index (χ1n) is 11.0. The van der Waals surface area contributed by atoms with Crippen LogP contribution >= 0.6 is 0 Å². The third kappa shape index (κ3) is 6.10. The SMILES string of the molecule is CO[C@H]1O[C@H](CO[C@H]2O[C@H](CO[C@H]3O[C@H](CO)[C@@H](O)[C@H](O)[C@@H]3O)[C@@H](O)[C@H](O)[C@@H]2O)[C@@H](O)[C@H](O)[C@@H]1O. The zero-order valence-corrected chi connectivity index (χ0v) is 18.7. The van der Waals surface area contributed by atoms with Crippen molar-refractivity contribution in [1.82, 2.24) is 0 Å². The second-order valence-corrected chi connectivity index (χ2v) is 8.63. The monoisotopic (exact) mass is 518 g/mol. The van der Waals surface area contributed by atoms with Crippen LogP contribution in [0, 0.1) is 0 Å². The minimum absolute atomic E-state index is 0.490. The summed E-state index contributed by atoms with van der Waals surface area (Å²) in [6, 6.07) is 0. The van der Waals surface area contributed by atoms with Crippen LogP contribution in [0.4, 0.5) is 0 Å². The first-order valence-corrected chi connectivity index (χ1v) is 11.0. The van der Waals surface area contributed by atoms with Crippen molar-refractivity contribution in [2.75, 3.05) is 26.9 Å². The van der Waals surface area contributed by atoms with E-state index < -0.39 is 112 Å². The highest BCUT2D eigenvalue weighted by molar-refractivity contribution is 4.93. The Bertz CT molecular complexity index is 600. The Kier molecular flexibility index (Phi) is 10.1. The molecule has 0 spiro atoms. The second kappa shape index (κ2) is 12.3. The molecule has 15 atom stereocenters. The molecule has 0 aromatic carbocycles. The lowest BCUT2D eigenvalue weighted by Gasteiger charge is -2.43. The Morgan fingerprint density at radius 2 is 0.829 bits per heavy atom. The Balaban J connectivity index is 1.59. The third-order valence-corrected chi connectivity index (χ3v) is 6.27. The fourth-order valence-electron chi connectivity index (χ4n) is 4.03. The Morgan fingerprint density at radius 3 is 1.23 bits per heavy atom. The molecule has 3 rings (SSSR count). The number of hydrogen-bond donors (Lipinski definition) is 10. The number of aliphatic hydroxyl groups is 10. The summed E-state index contributed by atoms with van der Waals surface area (Å²) in [5, 5.41) is 99.5. The fourth-order valence-corrected chi connectivity index (χ4v) is 4.03. The van der Waals surface area contributed by atoms with E-state index in [1.807, 2.05) is 0 Å². The van der Waals surface area contributed by atoms with E-state index in [1.54, 1.807) is 0 Å². The van der Waals surface area contributed by atoms with Crippen LogP contribution in [0.25, 0.3) is 0 Å². The van der Waals surface area contributed by atoms with E-state index >= 15 is 0 Å². The van der Waals surface area contributed by atoms with Crippen LogP contribution in [0.5, 0.6) is 0 Å². The molecule has 16 nitrogen and oxygen atoms in total. The van der Waals surface area contributed by atoms with Gasteiger partial charge in [-0.2, -0.15) is 0 Å². The molecule has 3 aliphatic heterocycles. The van der Waals surface area contributed by atoms with Gasteiger partial charge in [-0.25, -0.2) is 0 Å². The molecule has 10 N–H and O–H groups in total. The van der Waals surface area contributed by atoms with Gasteiger partial charge in [0.25, 0.3) is 0 Å². The molecule has 0 saturated carbocycles. The topological polar surface area (TPSA) is 258 Å². The molecule has 3 aliphatic rings. The van der Waals surface area contributed by atoms with Crippen LogP contribution in [0.3, 0.4) is 0 Å². The lowest BCUT2D eigenvalue weighted by atomic mass is 9.98. The minimum atomic E-state index is -1.77. The van der Waals surface area contributed by atoms with E-state index in [1.165, 1.54) is 7.11 Å². The summed E-state index contributed by atoms with van der Waals surface area (Å²) in [7, 11) is 1.21. The molecule has 3 saturated heterocycles. The molecule has 0 aromatic rings. The largest absolute Gasteiger partial charge is 0.394 e. The number of rotatable bonds is 8. The predicted molar refractivity (Wildman–Crippen MR) is 106 cm³/mol. The number of ether oxygens (including phenoxy) is 6. The van der Waals surface area contributed by atoms with Gasteiger partial charge < -0.3 is 79.5 Å². The van der Waals surface area contributed by atoms with E-state index in [0.717, 1.165) is 0 Å². The van der Waals surface area contributed by atoms with Crippen molar-refractivity contribution in [2.24, 2.45) is 0 Å². The van der Waals surface area contributed by atoms with Crippen molar-refractivity contribution in [3.8, 4) is 0 Å². The highest BCUT2D eigenvalue weighted by atomic mass is 16.7. The smallest absolute Gasteiger partial charge is 0.186 e. The van der Waals surface area contributed by atoms with Gasteiger partial charge in [0.05, 0.1) is 19.8 Å². The molecule has 0 amide bonds.